The second-order valence-corrected chi connectivity index (χ2v) is 6.16. The molecule has 7 heteroatoms. The van der Waals surface area contributed by atoms with E-state index < -0.39 is 18.0 Å². The number of nitrogens with two attached hydrogens (primary N) is 1. The van der Waals surface area contributed by atoms with Crippen molar-refractivity contribution in [2.24, 2.45) is 5.73 Å². The average molecular weight is 385 g/mol. The normalized spacial score (nSPS) is 12.7. The Morgan fingerprint density at radius 2 is 1.61 bits per heavy atom. The molecular formula is C21H27N3O4. The molecule has 150 valence electrons. The molecule has 4 N–H and O–H groups in total. The first kappa shape index (κ1) is 21.2. The van der Waals surface area contributed by atoms with E-state index in [1.54, 1.807) is 0 Å². The average Bonchev–Trinajstić information content (AvgIpc) is 2.67. The minimum atomic E-state index is -0.889. The standard InChI is InChI=1S/C21H27N3O4/c1-4-27-17-12-11-16(13-18(17)28-5-2)14(3)23-19(20(25)24-21(22)26)15-9-7-6-8-10-15/h6-14,19,23H,4-5H2,1-3H3,(H3,22,24,25,26)/t14-,19-/m0/s1. The maximum atomic E-state index is 12.5. The van der Waals surface area contributed by atoms with Crippen molar-refractivity contribution in [3.05, 3.63) is 59.7 Å². The van der Waals surface area contributed by atoms with Gasteiger partial charge in [-0.05, 0) is 44.0 Å². The Balaban J connectivity index is 2.27. The maximum absolute atomic E-state index is 12.5. The molecule has 0 aliphatic rings. The van der Waals surface area contributed by atoms with Gasteiger partial charge in [0.05, 0.1) is 13.2 Å². The molecule has 0 spiro atoms. The molecule has 0 saturated heterocycles. The van der Waals surface area contributed by atoms with Crippen molar-refractivity contribution < 1.29 is 19.1 Å². The van der Waals surface area contributed by atoms with E-state index in [4.69, 9.17) is 15.2 Å². The van der Waals surface area contributed by atoms with Crippen LogP contribution in [0.4, 0.5) is 4.79 Å². The number of hydrogen-bond acceptors (Lipinski definition) is 5. The van der Waals surface area contributed by atoms with E-state index in [2.05, 4.69) is 10.6 Å². The first-order chi connectivity index (χ1) is 13.5. The molecule has 0 heterocycles. The van der Waals surface area contributed by atoms with Gasteiger partial charge in [0, 0.05) is 6.04 Å². The van der Waals surface area contributed by atoms with E-state index in [1.165, 1.54) is 0 Å². The summed E-state index contributed by atoms with van der Waals surface area (Å²) in [6.45, 7) is 6.80. The van der Waals surface area contributed by atoms with E-state index >= 15 is 0 Å². The highest BCUT2D eigenvalue weighted by molar-refractivity contribution is 5.96. The van der Waals surface area contributed by atoms with Gasteiger partial charge in [-0.1, -0.05) is 36.4 Å². The predicted molar refractivity (Wildman–Crippen MR) is 107 cm³/mol. The molecule has 0 saturated carbocycles. The molecular weight excluding hydrogens is 358 g/mol. The molecule has 7 nitrogen and oxygen atoms in total. The van der Waals surface area contributed by atoms with Crippen molar-refractivity contribution in [2.75, 3.05) is 13.2 Å². The molecule has 2 aromatic rings. The van der Waals surface area contributed by atoms with Crippen LogP contribution >= 0.6 is 0 Å². The van der Waals surface area contributed by atoms with E-state index in [0.717, 1.165) is 11.1 Å². The zero-order valence-electron chi connectivity index (χ0n) is 16.4. The van der Waals surface area contributed by atoms with E-state index in [0.29, 0.717) is 24.7 Å². The number of benzene rings is 2. The number of carbonyl (C=O) groups excluding carboxylic acids is 2. The van der Waals surface area contributed by atoms with E-state index in [1.807, 2.05) is 69.3 Å². The minimum absolute atomic E-state index is 0.210. The van der Waals surface area contributed by atoms with Gasteiger partial charge in [-0.25, -0.2) is 4.79 Å². The summed E-state index contributed by atoms with van der Waals surface area (Å²) in [6, 6.07) is 13.0. The number of imide groups is 1. The highest BCUT2D eigenvalue weighted by atomic mass is 16.5. The highest BCUT2D eigenvalue weighted by Gasteiger charge is 2.24. The van der Waals surface area contributed by atoms with Crippen LogP contribution in [-0.4, -0.2) is 25.2 Å². The van der Waals surface area contributed by atoms with Gasteiger partial charge in [-0.15, -0.1) is 0 Å². The number of urea groups is 1. The summed E-state index contributed by atoms with van der Waals surface area (Å²) in [5.74, 6) is 0.807. The number of hydrogen-bond donors (Lipinski definition) is 3. The molecule has 28 heavy (non-hydrogen) atoms. The Bertz CT molecular complexity index is 795. The molecule has 0 unspecified atom stereocenters. The molecule has 2 aromatic carbocycles. The summed E-state index contributed by atoms with van der Waals surface area (Å²) >= 11 is 0. The first-order valence-corrected chi connectivity index (χ1v) is 9.27. The van der Waals surface area contributed by atoms with Crippen LogP contribution in [0.3, 0.4) is 0 Å². The Labute approximate surface area is 165 Å². The SMILES string of the molecule is CCOc1ccc([C@H](C)N[C@H](C(=O)NC(N)=O)c2ccccc2)cc1OCC. The smallest absolute Gasteiger partial charge is 0.318 e. The van der Waals surface area contributed by atoms with Crippen molar-refractivity contribution in [3.63, 3.8) is 0 Å². The number of primary amides is 1. The second kappa shape index (κ2) is 10.3. The zero-order valence-corrected chi connectivity index (χ0v) is 16.4. The summed E-state index contributed by atoms with van der Waals surface area (Å²) in [5, 5.41) is 5.41. The minimum Gasteiger partial charge on any atom is -0.490 e. The summed E-state index contributed by atoms with van der Waals surface area (Å²) in [6.07, 6.45) is 0. The Morgan fingerprint density at radius 3 is 2.21 bits per heavy atom. The van der Waals surface area contributed by atoms with Gasteiger partial charge in [0.2, 0.25) is 5.91 Å². The van der Waals surface area contributed by atoms with Crippen LogP contribution in [0.15, 0.2) is 48.5 Å². The Hall–Kier alpha value is -3.06. The molecule has 0 aromatic heterocycles. The number of ether oxygens (including phenoxy) is 2. The molecule has 0 aliphatic heterocycles. The fourth-order valence-electron chi connectivity index (χ4n) is 2.85. The third-order valence-corrected chi connectivity index (χ3v) is 4.13. The van der Waals surface area contributed by atoms with Gasteiger partial charge < -0.3 is 15.2 Å². The van der Waals surface area contributed by atoms with Crippen molar-refractivity contribution in [1.82, 2.24) is 10.6 Å². The van der Waals surface area contributed by atoms with Gasteiger partial charge in [0.25, 0.3) is 0 Å². The van der Waals surface area contributed by atoms with Crippen molar-refractivity contribution >= 4 is 11.9 Å². The molecule has 0 fully saturated rings. The van der Waals surface area contributed by atoms with Crippen LogP contribution in [0.25, 0.3) is 0 Å². The summed E-state index contributed by atoms with van der Waals surface area (Å²) in [7, 11) is 0. The maximum Gasteiger partial charge on any atom is 0.318 e. The van der Waals surface area contributed by atoms with Crippen LogP contribution in [-0.2, 0) is 4.79 Å². The van der Waals surface area contributed by atoms with Crippen molar-refractivity contribution in [1.29, 1.82) is 0 Å². The van der Waals surface area contributed by atoms with Crippen LogP contribution in [0, 0.1) is 0 Å². The summed E-state index contributed by atoms with van der Waals surface area (Å²) in [5.41, 5.74) is 6.76. The predicted octanol–water partition coefficient (Wildman–Crippen LogP) is 3.07. The summed E-state index contributed by atoms with van der Waals surface area (Å²) in [4.78, 5) is 23.7. The monoisotopic (exact) mass is 385 g/mol. The number of carbonyl (C=O) groups is 2. The molecule has 2 atom stereocenters. The van der Waals surface area contributed by atoms with Crippen LogP contribution < -0.4 is 25.8 Å². The lowest BCUT2D eigenvalue weighted by atomic mass is 10.0. The second-order valence-electron chi connectivity index (χ2n) is 6.16. The lowest BCUT2D eigenvalue weighted by molar-refractivity contribution is -0.122. The quantitative estimate of drug-likeness (QED) is 0.616. The van der Waals surface area contributed by atoms with Gasteiger partial charge in [-0.3, -0.25) is 15.4 Å². The zero-order chi connectivity index (χ0) is 20.5. The van der Waals surface area contributed by atoms with Crippen LogP contribution in [0.5, 0.6) is 11.5 Å². The Kier molecular flexibility index (Phi) is 7.83. The van der Waals surface area contributed by atoms with Crippen molar-refractivity contribution in [3.8, 4) is 11.5 Å². The molecule has 0 bridgehead atoms. The van der Waals surface area contributed by atoms with Crippen LogP contribution in [0.2, 0.25) is 0 Å². The topological polar surface area (TPSA) is 103 Å². The first-order valence-electron chi connectivity index (χ1n) is 9.27. The molecule has 0 radical (unpaired) electrons. The number of rotatable bonds is 9. The molecule has 3 amide bonds. The highest BCUT2D eigenvalue weighted by Crippen LogP contribution is 2.31. The molecule has 0 aliphatic carbocycles. The fraction of sp³-hybridized carbons (Fsp3) is 0.333. The number of nitrogens with one attached hydrogen (secondary N) is 2. The van der Waals surface area contributed by atoms with Gasteiger partial charge in [0.15, 0.2) is 11.5 Å². The third-order valence-electron chi connectivity index (χ3n) is 4.13. The Morgan fingerprint density at radius 1 is 0.964 bits per heavy atom. The van der Waals surface area contributed by atoms with Crippen LogP contribution in [0.1, 0.15) is 44.0 Å². The van der Waals surface area contributed by atoms with Crippen molar-refractivity contribution in [2.45, 2.75) is 32.9 Å². The number of amides is 3. The third kappa shape index (κ3) is 5.72. The molecule has 2 rings (SSSR count). The lowest BCUT2D eigenvalue weighted by Crippen LogP contribution is -2.43. The lowest BCUT2D eigenvalue weighted by Gasteiger charge is -2.23. The van der Waals surface area contributed by atoms with E-state index in [9.17, 15) is 9.59 Å². The largest absolute Gasteiger partial charge is 0.490 e. The fourth-order valence-corrected chi connectivity index (χ4v) is 2.85. The van der Waals surface area contributed by atoms with E-state index in [-0.39, 0.29) is 6.04 Å². The van der Waals surface area contributed by atoms with Gasteiger partial charge >= 0.3 is 6.03 Å². The van der Waals surface area contributed by atoms with Gasteiger partial charge in [0.1, 0.15) is 6.04 Å². The van der Waals surface area contributed by atoms with Gasteiger partial charge in [-0.2, -0.15) is 0 Å². The summed E-state index contributed by atoms with van der Waals surface area (Å²) < 4.78 is 11.3.